The molecule has 0 bridgehead atoms. The first-order valence-electron chi connectivity index (χ1n) is 6.63. The highest BCUT2D eigenvalue weighted by Crippen LogP contribution is 2.33. The largest absolute Gasteiger partial charge is 0.419 e. The van der Waals surface area contributed by atoms with E-state index in [1.807, 2.05) is 14.0 Å². The minimum atomic E-state index is -0.456. The molecule has 0 spiro atoms. The van der Waals surface area contributed by atoms with Gasteiger partial charge in [-0.25, -0.2) is 0 Å². The molecule has 1 atom stereocenters. The van der Waals surface area contributed by atoms with E-state index >= 15 is 0 Å². The summed E-state index contributed by atoms with van der Waals surface area (Å²) in [4.78, 5) is 10.2. The van der Waals surface area contributed by atoms with Crippen LogP contribution in [0.5, 0.6) is 0 Å². The lowest BCUT2D eigenvalue weighted by atomic mass is 10.2. The van der Waals surface area contributed by atoms with Gasteiger partial charge in [-0.3, -0.25) is 10.1 Å². The van der Waals surface area contributed by atoms with Crippen LogP contribution in [0.2, 0.25) is 0 Å². The van der Waals surface area contributed by atoms with Crippen molar-refractivity contribution < 1.29 is 9.34 Å². The minimum Gasteiger partial charge on any atom is -0.419 e. The normalized spacial score (nSPS) is 12.3. The summed E-state index contributed by atoms with van der Waals surface area (Å²) in [5, 5.41) is 27.1. The highest BCUT2D eigenvalue weighted by molar-refractivity contribution is 7.99. The van der Waals surface area contributed by atoms with Gasteiger partial charge in [0.25, 0.3) is 5.69 Å². The van der Waals surface area contributed by atoms with Gasteiger partial charge in [-0.2, -0.15) is 0 Å². The Bertz CT molecular complexity index is 828. The van der Waals surface area contributed by atoms with Crippen LogP contribution in [0, 0.1) is 10.1 Å². The summed E-state index contributed by atoms with van der Waals surface area (Å²) in [5.41, 5.74) is 0.643. The molecule has 118 valence electrons. The Labute approximate surface area is 134 Å². The van der Waals surface area contributed by atoms with Gasteiger partial charge in [-0.05, 0) is 19.1 Å². The number of aromatic nitrogens is 5. The van der Waals surface area contributed by atoms with Crippen LogP contribution in [0.15, 0.2) is 40.2 Å². The summed E-state index contributed by atoms with van der Waals surface area (Å²) >= 11 is 1.45. The van der Waals surface area contributed by atoms with Crippen LogP contribution in [-0.4, -0.2) is 29.9 Å². The number of hydrogen-bond acceptors (Lipinski definition) is 8. The molecule has 0 radical (unpaired) electrons. The molecule has 0 saturated heterocycles. The Morgan fingerprint density at radius 3 is 2.61 bits per heavy atom. The molecule has 0 aliphatic rings. The fourth-order valence-corrected chi connectivity index (χ4v) is 2.65. The topological polar surface area (TPSA) is 113 Å². The van der Waals surface area contributed by atoms with Crippen molar-refractivity contribution in [2.24, 2.45) is 7.05 Å². The third kappa shape index (κ3) is 3.21. The summed E-state index contributed by atoms with van der Waals surface area (Å²) in [6, 6.07) is 5.96. The molecule has 2 heterocycles. The molecule has 1 aromatic carbocycles. The van der Waals surface area contributed by atoms with Crippen LogP contribution < -0.4 is 0 Å². The van der Waals surface area contributed by atoms with E-state index in [1.54, 1.807) is 23.0 Å². The second-order valence-corrected chi connectivity index (χ2v) is 6.04. The number of nitro groups is 1. The SMILES string of the molecule is C[C@H](Sc1nncn1C)c1nnc(-c2ccc([N+](=O)[O-])cc2)o1. The summed E-state index contributed by atoms with van der Waals surface area (Å²) in [6.45, 7) is 1.92. The molecule has 10 heteroatoms. The molecule has 0 aliphatic heterocycles. The van der Waals surface area contributed by atoms with E-state index in [1.165, 1.54) is 23.9 Å². The van der Waals surface area contributed by atoms with E-state index in [4.69, 9.17) is 4.42 Å². The Kier molecular flexibility index (Phi) is 4.06. The average Bonchev–Trinajstić information content (AvgIpc) is 3.17. The van der Waals surface area contributed by atoms with Crippen molar-refractivity contribution in [2.45, 2.75) is 17.3 Å². The maximum absolute atomic E-state index is 10.7. The summed E-state index contributed by atoms with van der Waals surface area (Å²) in [5.74, 6) is 0.770. The highest BCUT2D eigenvalue weighted by atomic mass is 32.2. The summed E-state index contributed by atoms with van der Waals surface area (Å²) in [7, 11) is 1.85. The van der Waals surface area contributed by atoms with E-state index < -0.39 is 4.92 Å². The predicted molar refractivity (Wildman–Crippen MR) is 81.7 cm³/mol. The highest BCUT2D eigenvalue weighted by Gasteiger charge is 2.18. The van der Waals surface area contributed by atoms with Gasteiger partial charge < -0.3 is 8.98 Å². The van der Waals surface area contributed by atoms with Gasteiger partial charge in [0.15, 0.2) is 5.16 Å². The maximum atomic E-state index is 10.7. The van der Waals surface area contributed by atoms with Crippen molar-refractivity contribution in [3.63, 3.8) is 0 Å². The van der Waals surface area contributed by atoms with Gasteiger partial charge in [0, 0.05) is 24.7 Å². The van der Waals surface area contributed by atoms with Crippen molar-refractivity contribution in [3.8, 4) is 11.5 Å². The third-order valence-corrected chi connectivity index (χ3v) is 4.20. The smallest absolute Gasteiger partial charge is 0.269 e. The molecule has 0 N–H and O–H groups in total. The monoisotopic (exact) mass is 332 g/mol. The molecule has 0 aliphatic carbocycles. The maximum Gasteiger partial charge on any atom is 0.269 e. The van der Waals surface area contributed by atoms with Crippen LogP contribution in [0.1, 0.15) is 18.1 Å². The van der Waals surface area contributed by atoms with Crippen LogP contribution in [0.4, 0.5) is 5.69 Å². The molecule has 9 nitrogen and oxygen atoms in total. The lowest BCUT2D eigenvalue weighted by molar-refractivity contribution is -0.384. The molecule has 23 heavy (non-hydrogen) atoms. The molecular weight excluding hydrogens is 320 g/mol. The first-order valence-corrected chi connectivity index (χ1v) is 7.51. The number of non-ortho nitro benzene ring substituents is 1. The van der Waals surface area contributed by atoms with E-state index in [9.17, 15) is 10.1 Å². The van der Waals surface area contributed by atoms with Gasteiger partial charge in [0.1, 0.15) is 6.33 Å². The van der Waals surface area contributed by atoms with Gasteiger partial charge in [0.05, 0.1) is 10.2 Å². The fourth-order valence-electron chi connectivity index (χ4n) is 1.83. The minimum absolute atomic E-state index is 0.0136. The Morgan fingerprint density at radius 1 is 1.26 bits per heavy atom. The first kappa shape index (κ1) is 15.2. The van der Waals surface area contributed by atoms with Gasteiger partial charge in [0.2, 0.25) is 11.8 Å². The summed E-state index contributed by atoms with van der Waals surface area (Å²) < 4.78 is 7.45. The second-order valence-electron chi connectivity index (χ2n) is 4.73. The van der Waals surface area contributed by atoms with E-state index in [0.717, 1.165) is 5.16 Å². The standard InChI is InChI=1S/C13H12N6O3S/c1-8(23-13-17-14-7-18(13)2)11-15-16-12(22-11)9-3-5-10(6-4-9)19(20)21/h3-8H,1-2H3/t8-/m0/s1. The Hall–Kier alpha value is -2.75. The van der Waals surface area contributed by atoms with Gasteiger partial charge in [-0.1, -0.05) is 11.8 Å². The number of thioether (sulfide) groups is 1. The van der Waals surface area contributed by atoms with Gasteiger partial charge >= 0.3 is 0 Å². The second kappa shape index (κ2) is 6.16. The first-order chi connectivity index (χ1) is 11.0. The molecule has 0 fully saturated rings. The van der Waals surface area contributed by atoms with E-state index in [-0.39, 0.29) is 10.9 Å². The van der Waals surface area contributed by atoms with Crippen LogP contribution in [0.25, 0.3) is 11.5 Å². The van der Waals surface area contributed by atoms with E-state index in [2.05, 4.69) is 20.4 Å². The number of benzene rings is 1. The molecule has 0 amide bonds. The molecule has 0 saturated carbocycles. The zero-order valence-corrected chi connectivity index (χ0v) is 13.1. The van der Waals surface area contributed by atoms with Crippen molar-refractivity contribution in [1.29, 1.82) is 0 Å². The molecular formula is C13H12N6O3S. The molecule has 2 aromatic heterocycles. The molecule has 3 rings (SSSR count). The van der Waals surface area contributed by atoms with Crippen molar-refractivity contribution >= 4 is 17.4 Å². The molecule has 3 aromatic rings. The predicted octanol–water partition coefficient (Wildman–Crippen LogP) is 2.63. The zero-order valence-electron chi connectivity index (χ0n) is 12.3. The van der Waals surface area contributed by atoms with Crippen molar-refractivity contribution in [2.75, 3.05) is 0 Å². The molecule has 0 unspecified atom stereocenters. The van der Waals surface area contributed by atoms with Crippen LogP contribution >= 0.6 is 11.8 Å². The number of nitrogens with zero attached hydrogens (tertiary/aromatic N) is 6. The third-order valence-electron chi connectivity index (χ3n) is 3.07. The number of nitro benzene ring substituents is 1. The van der Waals surface area contributed by atoms with Crippen molar-refractivity contribution in [3.05, 3.63) is 46.6 Å². The Balaban J connectivity index is 1.77. The number of aryl methyl sites for hydroxylation is 1. The lowest BCUT2D eigenvalue weighted by Gasteiger charge is -2.04. The number of rotatable bonds is 5. The van der Waals surface area contributed by atoms with Crippen LogP contribution in [0.3, 0.4) is 0 Å². The van der Waals surface area contributed by atoms with Gasteiger partial charge in [-0.15, -0.1) is 20.4 Å². The summed E-state index contributed by atoms with van der Waals surface area (Å²) in [6.07, 6.45) is 1.62. The Morgan fingerprint density at radius 2 is 2.00 bits per heavy atom. The number of hydrogen-bond donors (Lipinski definition) is 0. The lowest BCUT2D eigenvalue weighted by Crippen LogP contribution is -1.94. The average molecular weight is 332 g/mol. The van der Waals surface area contributed by atoms with E-state index in [0.29, 0.717) is 17.3 Å². The van der Waals surface area contributed by atoms with Crippen LogP contribution in [-0.2, 0) is 7.05 Å². The van der Waals surface area contributed by atoms with Crippen molar-refractivity contribution in [1.82, 2.24) is 25.0 Å². The fraction of sp³-hybridized carbons (Fsp3) is 0.231. The quantitative estimate of drug-likeness (QED) is 0.398. The zero-order chi connectivity index (χ0) is 16.4.